The van der Waals surface area contributed by atoms with Crippen molar-refractivity contribution in [3.63, 3.8) is 0 Å². The lowest BCUT2D eigenvalue weighted by Gasteiger charge is -2.29. The molecule has 0 aromatic heterocycles. The molecule has 0 spiro atoms. The van der Waals surface area contributed by atoms with Gasteiger partial charge in [-0.2, -0.15) is 0 Å². The number of rotatable bonds is 8. The Kier molecular flexibility index (Phi) is 8.42. The van der Waals surface area contributed by atoms with E-state index in [1.54, 1.807) is 0 Å². The highest BCUT2D eigenvalue weighted by Crippen LogP contribution is 2.43. The second-order valence-corrected chi connectivity index (χ2v) is 12.8. The molecule has 0 saturated carbocycles. The molecular formula is C48H38N2. The number of fused-ring (bicyclic) bond motifs is 2. The highest BCUT2D eigenvalue weighted by molar-refractivity contribution is 6.05. The first-order valence-electron chi connectivity index (χ1n) is 17.2. The molecule has 2 nitrogen and oxygen atoms in total. The van der Waals surface area contributed by atoms with Gasteiger partial charge in [-0.05, 0) is 96.1 Å². The zero-order valence-electron chi connectivity index (χ0n) is 28.4. The van der Waals surface area contributed by atoms with Gasteiger partial charge in [0.05, 0.1) is 11.4 Å². The van der Waals surface area contributed by atoms with Crippen molar-refractivity contribution >= 4 is 67.8 Å². The van der Waals surface area contributed by atoms with Gasteiger partial charge in [0.15, 0.2) is 0 Å². The zero-order chi connectivity index (χ0) is 33.9. The smallest absolute Gasteiger partial charge is 0.0540 e. The largest absolute Gasteiger partial charge is 0.310 e. The molecular weight excluding hydrogens is 605 g/mol. The third kappa shape index (κ3) is 6.04. The van der Waals surface area contributed by atoms with Crippen LogP contribution in [0.2, 0.25) is 0 Å². The highest BCUT2D eigenvalue weighted by Gasteiger charge is 2.19. The van der Waals surface area contributed by atoms with Gasteiger partial charge in [-0.3, -0.25) is 0 Å². The van der Waals surface area contributed by atoms with Crippen molar-refractivity contribution in [2.45, 2.75) is 13.8 Å². The van der Waals surface area contributed by atoms with E-state index >= 15 is 0 Å². The molecule has 0 atom stereocenters. The second kappa shape index (κ2) is 13.6. The highest BCUT2D eigenvalue weighted by atomic mass is 15.1. The summed E-state index contributed by atoms with van der Waals surface area (Å²) in [4.78, 5) is 4.75. The Morgan fingerprint density at radius 3 is 1.06 bits per heavy atom. The average molecular weight is 643 g/mol. The minimum absolute atomic E-state index is 1.11. The summed E-state index contributed by atoms with van der Waals surface area (Å²) in [6.07, 6.45) is 4.65. The van der Waals surface area contributed by atoms with Crippen LogP contribution < -0.4 is 9.80 Å². The van der Waals surface area contributed by atoms with Crippen LogP contribution in [0.3, 0.4) is 0 Å². The number of aryl methyl sites for hydroxylation is 2. The van der Waals surface area contributed by atoms with Gasteiger partial charge in [0.25, 0.3) is 0 Å². The lowest BCUT2D eigenvalue weighted by atomic mass is 9.97. The molecule has 2 heteroatoms. The summed E-state index contributed by atoms with van der Waals surface area (Å²) in [7, 11) is 0. The lowest BCUT2D eigenvalue weighted by molar-refractivity contribution is 1.27. The van der Waals surface area contributed by atoms with Crippen LogP contribution in [-0.2, 0) is 0 Å². The third-order valence-corrected chi connectivity index (χ3v) is 9.41. The minimum atomic E-state index is 1.11. The molecule has 0 unspecified atom stereocenters. The van der Waals surface area contributed by atoms with E-state index in [1.165, 1.54) is 32.7 Å². The van der Waals surface area contributed by atoms with Gasteiger partial charge < -0.3 is 9.80 Å². The number of anilines is 6. The van der Waals surface area contributed by atoms with Gasteiger partial charge in [-0.1, -0.05) is 145 Å². The van der Waals surface area contributed by atoms with E-state index < -0.39 is 0 Å². The SMILES string of the molecule is Cc1ccc(N(c2ccccc2)c2ccc3ccccc3c2/C=C/c2c(N(c3ccccc3)c3ccc(C)cc3)ccc3ccccc23)cc1. The van der Waals surface area contributed by atoms with Gasteiger partial charge in [-0.15, -0.1) is 0 Å². The second-order valence-electron chi connectivity index (χ2n) is 12.8. The fraction of sp³-hybridized carbons (Fsp3) is 0.0417. The molecule has 0 aliphatic heterocycles. The van der Waals surface area contributed by atoms with Crippen molar-refractivity contribution in [2.75, 3.05) is 9.80 Å². The van der Waals surface area contributed by atoms with E-state index in [9.17, 15) is 0 Å². The normalized spacial score (nSPS) is 11.3. The van der Waals surface area contributed by atoms with E-state index in [-0.39, 0.29) is 0 Å². The van der Waals surface area contributed by atoms with E-state index in [1.807, 2.05) is 0 Å². The molecule has 0 saturated heterocycles. The van der Waals surface area contributed by atoms with Crippen molar-refractivity contribution in [3.05, 3.63) is 204 Å². The molecule has 0 aliphatic rings. The van der Waals surface area contributed by atoms with Crippen molar-refractivity contribution < 1.29 is 0 Å². The molecule has 0 N–H and O–H groups in total. The standard InChI is InChI=1S/C48H38N2/c1-35-21-27-41(28-22-35)49(39-15-5-3-6-16-39)47-33-25-37-13-9-11-19-43(37)45(47)31-32-46-44-20-12-10-14-38(44)26-34-48(46)50(40-17-7-4-8-18-40)42-29-23-36(2)24-30-42/h3-34H,1-2H3/b32-31+. The Morgan fingerprint density at radius 2 is 0.660 bits per heavy atom. The molecule has 8 rings (SSSR count). The summed E-state index contributed by atoms with van der Waals surface area (Å²) in [6, 6.07) is 65.4. The molecule has 0 amide bonds. The summed E-state index contributed by atoms with van der Waals surface area (Å²) >= 11 is 0. The molecule has 0 heterocycles. The van der Waals surface area contributed by atoms with Crippen LogP contribution in [0.15, 0.2) is 182 Å². The van der Waals surface area contributed by atoms with Crippen LogP contribution in [0.25, 0.3) is 33.7 Å². The summed E-state index contributed by atoms with van der Waals surface area (Å²) in [5, 5.41) is 4.82. The number of hydrogen-bond acceptors (Lipinski definition) is 2. The molecule has 0 fully saturated rings. The molecule has 0 aliphatic carbocycles. The van der Waals surface area contributed by atoms with Gasteiger partial charge in [0.1, 0.15) is 0 Å². The third-order valence-electron chi connectivity index (χ3n) is 9.41. The Hall–Kier alpha value is -6.38. The average Bonchev–Trinajstić information content (AvgIpc) is 3.17. The first kappa shape index (κ1) is 30.9. The number of hydrogen-bond donors (Lipinski definition) is 0. The van der Waals surface area contributed by atoms with E-state index in [0.717, 1.165) is 45.3 Å². The van der Waals surface area contributed by atoms with Gasteiger partial charge >= 0.3 is 0 Å². The monoisotopic (exact) mass is 642 g/mol. The number of nitrogens with zero attached hydrogens (tertiary/aromatic N) is 2. The molecule has 0 radical (unpaired) electrons. The minimum Gasteiger partial charge on any atom is -0.310 e. The maximum absolute atomic E-state index is 2.37. The van der Waals surface area contributed by atoms with E-state index in [0.29, 0.717) is 0 Å². The lowest BCUT2D eigenvalue weighted by Crippen LogP contribution is -2.12. The summed E-state index contributed by atoms with van der Waals surface area (Å²) in [5.41, 5.74) is 11.5. The van der Waals surface area contributed by atoms with Crippen molar-refractivity contribution in [1.82, 2.24) is 0 Å². The molecule has 8 aromatic carbocycles. The Morgan fingerprint density at radius 1 is 0.320 bits per heavy atom. The molecule has 240 valence electrons. The van der Waals surface area contributed by atoms with Crippen molar-refractivity contribution in [3.8, 4) is 0 Å². The maximum Gasteiger partial charge on any atom is 0.0540 e. The Balaban J connectivity index is 1.38. The van der Waals surface area contributed by atoms with Crippen molar-refractivity contribution in [1.29, 1.82) is 0 Å². The predicted octanol–water partition coefficient (Wildman–Crippen LogP) is 13.7. The summed E-state index contributed by atoms with van der Waals surface area (Å²) in [6.45, 7) is 4.27. The van der Waals surface area contributed by atoms with Crippen molar-refractivity contribution in [2.24, 2.45) is 0 Å². The van der Waals surface area contributed by atoms with Gasteiger partial charge in [-0.25, -0.2) is 0 Å². The Bertz CT molecular complexity index is 2250. The van der Waals surface area contributed by atoms with Crippen LogP contribution >= 0.6 is 0 Å². The summed E-state index contributed by atoms with van der Waals surface area (Å²) < 4.78 is 0. The predicted molar refractivity (Wildman–Crippen MR) is 216 cm³/mol. The molecule has 8 aromatic rings. The van der Waals surface area contributed by atoms with Crippen LogP contribution in [-0.4, -0.2) is 0 Å². The maximum atomic E-state index is 2.37. The molecule has 50 heavy (non-hydrogen) atoms. The van der Waals surface area contributed by atoms with E-state index in [4.69, 9.17) is 0 Å². The number of benzene rings is 8. The zero-order valence-corrected chi connectivity index (χ0v) is 28.4. The van der Waals surface area contributed by atoms with E-state index in [2.05, 4.69) is 218 Å². The first-order chi connectivity index (χ1) is 24.6. The first-order valence-corrected chi connectivity index (χ1v) is 17.2. The molecule has 0 bridgehead atoms. The summed E-state index contributed by atoms with van der Waals surface area (Å²) in [5.74, 6) is 0. The van der Waals surface area contributed by atoms with Crippen LogP contribution in [0, 0.1) is 13.8 Å². The fourth-order valence-corrected chi connectivity index (χ4v) is 6.87. The van der Waals surface area contributed by atoms with Crippen LogP contribution in [0.4, 0.5) is 34.1 Å². The van der Waals surface area contributed by atoms with Gasteiger partial charge in [0, 0.05) is 33.9 Å². The van der Waals surface area contributed by atoms with Crippen LogP contribution in [0.5, 0.6) is 0 Å². The van der Waals surface area contributed by atoms with Gasteiger partial charge in [0.2, 0.25) is 0 Å². The fourth-order valence-electron chi connectivity index (χ4n) is 6.87. The topological polar surface area (TPSA) is 6.48 Å². The number of para-hydroxylation sites is 2. The quantitative estimate of drug-likeness (QED) is 0.152. The van der Waals surface area contributed by atoms with Crippen LogP contribution in [0.1, 0.15) is 22.3 Å². The Labute approximate surface area is 294 Å².